The summed E-state index contributed by atoms with van der Waals surface area (Å²) in [7, 11) is 0. The van der Waals surface area contributed by atoms with E-state index in [4.69, 9.17) is 4.74 Å². The first-order chi connectivity index (χ1) is 14.5. The van der Waals surface area contributed by atoms with Crippen LogP contribution in [0, 0.1) is 5.82 Å². The number of ether oxygens (including phenoxy) is 1. The number of carbonyl (C=O) groups excluding carboxylic acids is 2. The van der Waals surface area contributed by atoms with Crippen molar-refractivity contribution in [2.24, 2.45) is 0 Å². The molecule has 1 aliphatic rings. The van der Waals surface area contributed by atoms with Gasteiger partial charge >= 0.3 is 6.09 Å². The first-order valence-corrected chi connectivity index (χ1v) is 9.33. The highest BCUT2D eigenvalue weighted by molar-refractivity contribution is 5.90. The maximum Gasteiger partial charge on any atom is 0.414 e. The zero-order valence-electron chi connectivity index (χ0n) is 16.1. The number of cyclic esters (lactones) is 1. The maximum atomic E-state index is 14.8. The third-order valence-corrected chi connectivity index (χ3v) is 4.73. The minimum Gasteiger partial charge on any atom is -0.442 e. The molecule has 1 saturated heterocycles. The highest BCUT2D eigenvalue weighted by Gasteiger charge is 2.32. The maximum absolute atomic E-state index is 14.8. The molecule has 3 aromatic rings. The number of amides is 2. The summed E-state index contributed by atoms with van der Waals surface area (Å²) in [5, 5.41) is 16.4. The van der Waals surface area contributed by atoms with Crippen LogP contribution in [-0.4, -0.2) is 51.8 Å². The van der Waals surface area contributed by atoms with Crippen LogP contribution in [0.25, 0.3) is 11.1 Å². The zero-order chi connectivity index (χ0) is 21.1. The van der Waals surface area contributed by atoms with Gasteiger partial charge < -0.3 is 10.1 Å². The fourth-order valence-electron chi connectivity index (χ4n) is 3.24. The molecule has 0 aliphatic carbocycles. The third-order valence-electron chi connectivity index (χ3n) is 4.73. The molecule has 1 fully saturated rings. The van der Waals surface area contributed by atoms with Crippen molar-refractivity contribution in [3.05, 3.63) is 59.7 Å². The lowest BCUT2D eigenvalue weighted by atomic mass is 10.0. The van der Waals surface area contributed by atoms with E-state index in [2.05, 4.69) is 25.9 Å². The van der Waals surface area contributed by atoms with Crippen molar-refractivity contribution in [2.75, 3.05) is 18.0 Å². The van der Waals surface area contributed by atoms with Crippen LogP contribution in [0.5, 0.6) is 0 Å². The molecule has 0 saturated carbocycles. The van der Waals surface area contributed by atoms with Gasteiger partial charge in [-0.1, -0.05) is 29.5 Å². The van der Waals surface area contributed by atoms with Crippen LogP contribution < -0.4 is 10.2 Å². The standard InChI is InChI=1S/C20H19FN6O3/c1-12(28)22-10-16-11-27(20(29)30-16)15-6-7-17(18(21)9-15)14-4-2-13(3-5-14)8-19-23-25-26-24-19/h2-7,9,16H,8,10-11H2,1H3,(H,22,28)(H,23,24,25,26)/t16-/m0/s1. The van der Waals surface area contributed by atoms with E-state index in [1.54, 1.807) is 12.1 Å². The van der Waals surface area contributed by atoms with E-state index in [-0.39, 0.29) is 19.0 Å². The summed E-state index contributed by atoms with van der Waals surface area (Å²) in [4.78, 5) is 24.5. The smallest absolute Gasteiger partial charge is 0.414 e. The van der Waals surface area contributed by atoms with E-state index in [1.165, 1.54) is 17.9 Å². The summed E-state index contributed by atoms with van der Waals surface area (Å²) in [5.74, 6) is -0.0766. The number of nitrogens with one attached hydrogen (secondary N) is 2. The lowest BCUT2D eigenvalue weighted by molar-refractivity contribution is -0.119. The number of benzene rings is 2. The monoisotopic (exact) mass is 410 g/mol. The summed E-state index contributed by atoms with van der Waals surface area (Å²) in [6, 6.07) is 12.0. The van der Waals surface area contributed by atoms with Gasteiger partial charge in [0, 0.05) is 18.9 Å². The number of hydrogen-bond donors (Lipinski definition) is 2. The summed E-state index contributed by atoms with van der Waals surface area (Å²) in [5.41, 5.74) is 2.51. The van der Waals surface area contributed by atoms with Gasteiger partial charge in [0.25, 0.3) is 0 Å². The minimum atomic E-state index is -0.566. The number of anilines is 1. The number of tetrazole rings is 1. The predicted octanol–water partition coefficient (Wildman–Crippen LogP) is 2.06. The SMILES string of the molecule is CC(=O)NC[C@H]1CN(c2ccc(-c3ccc(Cc4nn[nH]n4)cc3)c(F)c2)C(=O)O1. The molecule has 30 heavy (non-hydrogen) atoms. The van der Waals surface area contributed by atoms with Crippen LogP contribution in [0.15, 0.2) is 42.5 Å². The van der Waals surface area contributed by atoms with Crippen LogP contribution in [0.3, 0.4) is 0 Å². The van der Waals surface area contributed by atoms with E-state index in [1.807, 2.05) is 24.3 Å². The second kappa shape index (κ2) is 8.27. The summed E-state index contributed by atoms with van der Waals surface area (Å²) in [6.45, 7) is 1.84. The number of aromatic amines is 1. The molecule has 1 aliphatic heterocycles. The zero-order valence-corrected chi connectivity index (χ0v) is 16.1. The Hall–Kier alpha value is -3.82. The number of halogens is 1. The average molecular weight is 410 g/mol. The predicted molar refractivity (Wildman–Crippen MR) is 105 cm³/mol. The summed E-state index contributed by atoms with van der Waals surface area (Å²) >= 11 is 0. The van der Waals surface area contributed by atoms with Crippen molar-refractivity contribution in [3.8, 4) is 11.1 Å². The van der Waals surface area contributed by atoms with Gasteiger partial charge in [0.1, 0.15) is 11.9 Å². The van der Waals surface area contributed by atoms with Gasteiger partial charge in [0.05, 0.1) is 18.8 Å². The molecule has 9 nitrogen and oxygen atoms in total. The Morgan fingerprint density at radius 2 is 2.10 bits per heavy atom. The van der Waals surface area contributed by atoms with E-state index < -0.39 is 18.0 Å². The highest BCUT2D eigenvalue weighted by Crippen LogP contribution is 2.29. The van der Waals surface area contributed by atoms with Crippen LogP contribution in [-0.2, 0) is 16.0 Å². The first kappa shape index (κ1) is 19.5. The number of carbonyl (C=O) groups is 2. The van der Waals surface area contributed by atoms with Crippen molar-refractivity contribution in [1.82, 2.24) is 25.9 Å². The van der Waals surface area contributed by atoms with Gasteiger partial charge in [-0.05, 0) is 29.3 Å². The Morgan fingerprint density at radius 1 is 1.30 bits per heavy atom. The molecular weight excluding hydrogens is 391 g/mol. The molecule has 0 radical (unpaired) electrons. The van der Waals surface area contributed by atoms with Gasteiger partial charge in [-0.25, -0.2) is 9.18 Å². The van der Waals surface area contributed by atoms with Gasteiger partial charge in [-0.15, -0.1) is 10.2 Å². The Labute approximate surface area is 171 Å². The molecule has 2 heterocycles. The second-order valence-electron chi connectivity index (χ2n) is 6.92. The molecule has 1 atom stereocenters. The number of rotatable bonds is 6. The molecule has 2 aromatic carbocycles. The molecule has 0 unspecified atom stereocenters. The van der Waals surface area contributed by atoms with Crippen molar-refractivity contribution >= 4 is 17.7 Å². The van der Waals surface area contributed by atoms with Gasteiger partial charge in [-0.2, -0.15) is 5.21 Å². The highest BCUT2D eigenvalue weighted by atomic mass is 19.1. The normalized spacial score (nSPS) is 15.9. The summed E-state index contributed by atoms with van der Waals surface area (Å²) in [6.07, 6.45) is -0.520. The molecule has 2 N–H and O–H groups in total. The van der Waals surface area contributed by atoms with Crippen molar-refractivity contribution < 1.29 is 18.7 Å². The Morgan fingerprint density at radius 3 is 2.77 bits per heavy atom. The Kier molecular flexibility index (Phi) is 5.38. The van der Waals surface area contributed by atoms with E-state index >= 15 is 0 Å². The fraction of sp³-hybridized carbons (Fsp3) is 0.250. The van der Waals surface area contributed by atoms with Crippen LogP contribution in [0.4, 0.5) is 14.9 Å². The second-order valence-corrected chi connectivity index (χ2v) is 6.92. The molecular formula is C20H19FN6O3. The average Bonchev–Trinajstić information content (AvgIpc) is 3.36. The molecule has 2 amide bonds. The molecule has 0 bridgehead atoms. The Bertz CT molecular complexity index is 1050. The van der Waals surface area contributed by atoms with Crippen molar-refractivity contribution in [2.45, 2.75) is 19.4 Å². The van der Waals surface area contributed by atoms with E-state index in [9.17, 15) is 14.0 Å². The number of H-pyrrole nitrogens is 1. The number of aromatic nitrogens is 4. The molecule has 1 aromatic heterocycles. The van der Waals surface area contributed by atoms with Crippen LogP contribution in [0.1, 0.15) is 18.3 Å². The largest absolute Gasteiger partial charge is 0.442 e. The topological polar surface area (TPSA) is 113 Å². The van der Waals surface area contributed by atoms with Crippen molar-refractivity contribution in [1.29, 1.82) is 0 Å². The van der Waals surface area contributed by atoms with Crippen LogP contribution in [0.2, 0.25) is 0 Å². The quantitative estimate of drug-likeness (QED) is 0.643. The van der Waals surface area contributed by atoms with Gasteiger partial charge in [-0.3, -0.25) is 9.69 Å². The number of hydrogen-bond acceptors (Lipinski definition) is 6. The molecule has 4 rings (SSSR count). The van der Waals surface area contributed by atoms with Gasteiger partial charge in [0.2, 0.25) is 5.91 Å². The lowest BCUT2D eigenvalue weighted by Crippen LogP contribution is -2.33. The molecule has 10 heteroatoms. The molecule has 0 spiro atoms. The third kappa shape index (κ3) is 4.27. The fourth-order valence-corrected chi connectivity index (χ4v) is 3.24. The Balaban J connectivity index is 1.47. The van der Waals surface area contributed by atoms with Gasteiger partial charge in [0.15, 0.2) is 5.82 Å². The lowest BCUT2D eigenvalue weighted by Gasteiger charge is -2.14. The number of nitrogens with zero attached hydrogens (tertiary/aromatic N) is 4. The van der Waals surface area contributed by atoms with E-state index in [0.29, 0.717) is 29.1 Å². The van der Waals surface area contributed by atoms with Crippen molar-refractivity contribution in [3.63, 3.8) is 0 Å². The first-order valence-electron chi connectivity index (χ1n) is 9.33. The minimum absolute atomic E-state index is 0.205. The van der Waals surface area contributed by atoms with E-state index in [0.717, 1.165) is 5.56 Å². The molecule has 154 valence electrons. The summed E-state index contributed by atoms with van der Waals surface area (Å²) < 4.78 is 20.0. The van der Waals surface area contributed by atoms with Crippen LogP contribution >= 0.6 is 0 Å².